The van der Waals surface area contributed by atoms with E-state index in [4.69, 9.17) is 0 Å². The maximum absolute atomic E-state index is 4.54. The molecule has 1 N–H and O–H groups in total. The van der Waals surface area contributed by atoms with Crippen molar-refractivity contribution in [3.05, 3.63) is 42.0 Å². The van der Waals surface area contributed by atoms with E-state index < -0.39 is 0 Å². The zero-order valence-electron chi connectivity index (χ0n) is 13.9. The third-order valence-electron chi connectivity index (χ3n) is 3.39. The topological polar surface area (TPSA) is 53.9 Å². The second-order valence-corrected chi connectivity index (χ2v) is 5.96. The van der Waals surface area contributed by atoms with Gasteiger partial charge in [0.1, 0.15) is 17.5 Å². The highest BCUT2D eigenvalue weighted by atomic mass is 15.2. The van der Waals surface area contributed by atoms with Gasteiger partial charge < -0.3 is 10.2 Å². The van der Waals surface area contributed by atoms with Crippen LogP contribution in [-0.4, -0.2) is 35.1 Å². The number of nitrogens with zero attached hydrogens (tertiary/aromatic N) is 4. The summed E-state index contributed by atoms with van der Waals surface area (Å²) in [4.78, 5) is 15.2. The fraction of sp³-hybridized carbons (Fsp3) is 0.471. The van der Waals surface area contributed by atoms with E-state index in [0.717, 1.165) is 37.0 Å². The normalized spacial score (nSPS) is 10.8. The van der Waals surface area contributed by atoms with Crippen LogP contribution >= 0.6 is 0 Å². The highest BCUT2D eigenvalue weighted by Crippen LogP contribution is 2.15. The van der Waals surface area contributed by atoms with E-state index in [-0.39, 0.29) is 0 Å². The van der Waals surface area contributed by atoms with Crippen molar-refractivity contribution in [3.8, 4) is 0 Å². The lowest BCUT2D eigenvalue weighted by molar-refractivity contribution is 0.686. The van der Waals surface area contributed by atoms with E-state index in [1.165, 1.54) is 5.56 Å². The van der Waals surface area contributed by atoms with Crippen LogP contribution in [0.1, 0.15) is 25.2 Å². The molecule has 0 fully saturated rings. The van der Waals surface area contributed by atoms with E-state index in [9.17, 15) is 0 Å². The smallest absolute Gasteiger partial charge is 0.134 e. The molecule has 118 valence electrons. The van der Waals surface area contributed by atoms with Crippen LogP contribution in [-0.2, 0) is 6.42 Å². The van der Waals surface area contributed by atoms with Crippen LogP contribution in [0.4, 0.5) is 11.6 Å². The van der Waals surface area contributed by atoms with Crippen LogP contribution in [0.5, 0.6) is 0 Å². The van der Waals surface area contributed by atoms with Crippen molar-refractivity contribution in [3.63, 3.8) is 0 Å². The third kappa shape index (κ3) is 4.98. The molecular weight excluding hydrogens is 274 g/mol. The van der Waals surface area contributed by atoms with Gasteiger partial charge in [0, 0.05) is 38.6 Å². The number of aryl methyl sites for hydroxylation is 1. The Morgan fingerprint density at radius 3 is 2.59 bits per heavy atom. The first-order valence-electron chi connectivity index (χ1n) is 7.74. The van der Waals surface area contributed by atoms with E-state index in [1.54, 1.807) is 0 Å². The Bertz CT molecular complexity index is 583. The fourth-order valence-electron chi connectivity index (χ4n) is 2.11. The van der Waals surface area contributed by atoms with Crippen molar-refractivity contribution in [2.45, 2.75) is 27.2 Å². The number of hydrogen-bond acceptors (Lipinski definition) is 5. The molecule has 0 unspecified atom stereocenters. The molecular formula is C17H25N5. The summed E-state index contributed by atoms with van der Waals surface area (Å²) < 4.78 is 0. The minimum atomic E-state index is 0.586. The van der Waals surface area contributed by atoms with Crippen molar-refractivity contribution in [1.29, 1.82) is 0 Å². The lowest BCUT2D eigenvalue weighted by Gasteiger charge is -2.19. The summed E-state index contributed by atoms with van der Waals surface area (Å²) in [5.74, 6) is 3.22. The maximum Gasteiger partial charge on any atom is 0.134 e. The number of pyridine rings is 1. The summed E-state index contributed by atoms with van der Waals surface area (Å²) >= 11 is 0. The molecule has 0 aliphatic heterocycles. The highest BCUT2D eigenvalue weighted by Gasteiger charge is 2.07. The van der Waals surface area contributed by atoms with Crippen molar-refractivity contribution >= 4 is 11.6 Å². The zero-order chi connectivity index (χ0) is 15.9. The minimum absolute atomic E-state index is 0.586. The Balaban J connectivity index is 2.00. The Labute approximate surface area is 132 Å². The summed E-state index contributed by atoms with van der Waals surface area (Å²) in [5.41, 5.74) is 1.28. The molecule has 0 saturated carbocycles. The number of nitrogens with one attached hydrogen (secondary N) is 1. The number of hydrogen-bond donors (Lipinski definition) is 1. The van der Waals surface area contributed by atoms with Crippen molar-refractivity contribution in [1.82, 2.24) is 15.0 Å². The van der Waals surface area contributed by atoms with Gasteiger partial charge in [0.15, 0.2) is 0 Å². The van der Waals surface area contributed by atoms with Gasteiger partial charge in [-0.15, -0.1) is 0 Å². The van der Waals surface area contributed by atoms with Crippen LogP contribution in [0.25, 0.3) is 0 Å². The quantitative estimate of drug-likeness (QED) is 0.852. The molecule has 0 spiro atoms. The lowest BCUT2D eigenvalue weighted by atomic mass is 10.2. The molecule has 2 heterocycles. The van der Waals surface area contributed by atoms with E-state index in [1.807, 2.05) is 25.4 Å². The van der Waals surface area contributed by atoms with Gasteiger partial charge in [-0.25, -0.2) is 9.97 Å². The minimum Gasteiger partial charge on any atom is -0.370 e. The number of rotatable bonds is 7. The molecule has 5 heteroatoms. The molecule has 0 aliphatic carbocycles. The molecule has 0 saturated heterocycles. The van der Waals surface area contributed by atoms with Gasteiger partial charge in [0.25, 0.3) is 0 Å². The van der Waals surface area contributed by atoms with Crippen LogP contribution in [0, 0.1) is 12.8 Å². The summed E-state index contributed by atoms with van der Waals surface area (Å²) in [6.45, 7) is 8.12. The van der Waals surface area contributed by atoms with Gasteiger partial charge in [0.05, 0.1) is 0 Å². The van der Waals surface area contributed by atoms with Gasteiger partial charge in [-0.2, -0.15) is 0 Å². The van der Waals surface area contributed by atoms with E-state index >= 15 is 0 Å². The summed E-state index contributed by atoms with van der Waals surface area (Å²) in [7, 11) is 2.06. The van der Waals surface area contributed by atoms with Crippen LogP contribution < -0.4 is 10.2 Å². The number of likely N-dealkylation sites (N-methyl/N-ethyl adjacent to an activating group) is 1. The molecule has 0 bridgehead atoms. The Morgan fingerprint density at radius 2 is 1.91 bits per heavy atom. The average molecular weight is 299 g/mol. The van der Waals surface area contributed by atoms with E-state index in [2.05, 4.69) is 58.2 Å². The van der Waals surface area contributed by atoms with Gasteiger partial charge in [0.2, 0.25) is 0 Å². The van der Waals surface area contributed by atoms with Crippen LogP contribution in [0.15, 0.2) is 30.6 Å². The Hall–Kier alpha value is -2.17. The summed E-state index contributed by atoms with van der Waals surface area (Å²) in [5, 5.41) is 3.37. The Kier molecular flexibility index (Phi) is 5.69. The molecule has 0 aliphatic rings. The second-order valence-electron chi connectivity index (χ2n) is 5.96. The van der Waals surface area contributed by atoms with Gasteiger partial charge in [-0.05, 0) is 37.0 Å². The highest BCUT2D eigenvalue weighted by molar-refractivity contribution is 5.49. The number of anilines is 2. The fourth-order valence-corrected chi connectivity index (χ4v) is 2.11. The molecule has 2 aromatic heterocycles. The number of aromatic nitrogens is 3. The van der Waals surface area contributed by atoms with Crippen molar-refractivity contribution in [2.24, 2.45) is 5.92 Å². The van der Waals surface area contributed by atoms with Crippen LogP contribution in [0.2, 0.25) is 0 Å². The molecule has 0 aromatic carbocycles. The molecule has 5 nitrogen and oxygen atoms in total. The largest absolute Gasteiger partial charge is 0.370 e. The van der Waals surface area contributed by atoms with Gasteiger partial charge >= 0.3 is 0 Å². The molecule has 0 radical (unpaired) electrons. The Morgan fingerprint density at radius 1 is 1.18 bits per heavy atom. The lowest BCUT2D eigenvalue weighted by Crippen LogP contribution is -2.22. The first kappa shape index (κ1) is 16.2. The van der Waals surface area contributed by atoms with Crippen molar-refractivity contribution < 1.29 is 0 Å². The molecule has 22 heavy (non-hydrogen) atoms. The summed E-state index contributed by atoms with van der Waals surface area (Å²) in [6, 6.07) is 6.12. The maximum atomic E-state index is 4.54. The standard InChI is InChI=1S/C17H25N5/c1-13(2)12-19-16-11-17(21-14(3)20-16)22(4)10-7-15-5-8-18-9-6-15/h5-6,8-9,11,13H,7,10,12H2,1-4H3,(H,19,20,21). The monoisotopic (exact) mass is 299 g/mol. The first-order chi connectivity index (χ1) is 10.5. The van der Waals surface area contributed by atoms with Crippen LogP contribution in [0.3, 0.4) is 0 Å². The third-order valence-corrected chi connectivity index (χ3v) is 3.39. The van der Waals surface area contributed by atoms with Gasteiger partial charge in [-0.1, -0.05) is 13.8 Å². The van der Waals surface area contributed by atoms with Crippen molar-refractivity contribution in [2.75, 3.05) is 30.4 Å². The molecule has 0 atom stereocenters. The second kappa shape index (κ2) is 7.73. The average Bonchev–Trinajstić information content (AvgIpc) is 2.51. The molecule has 2 aromatic rings. The molecule has 2 rings (SSSR count). The van der Waals surface area contributed by atoms with E-state index in [0.29, 0.717) is 5.92 Å². The SMILES string of the molecule is Cc1nc(NCC(C)C)cc(N(C)CCc2ccncc2)n1. The van der Waals surface area contributed by atoms with Gasteiger partial charge in [-0.3, -0.25) is 4.98 Å². The summed E-state index contributed by atoms with van der Waals surface area (Å²) in [6.07, 6.45) is 4.63. The predicted molar refractivity (Wildman–Crippen MR) is 91.3 cm³/mol. The molecule has 0 amide bonds. The first-order valence-corrected chi connectivity index (χ1v) is 7.74. The predicted octanol–water partition coefficient (Wildman–Crippen LogP) is 2.93. The zero-order valence-corrected chi connectivity index (χ0v) is 13.9.